The third-order valence-electron chi connectivity index (χ3n) is 2.73. The van der Waals surface area contributed by atoms with Gasteiger partial charge in [0.1, 0.15) is 12.1 Å². The Balaban J connectivity index is 1.68. The summed E-state index contributed by atoms with van der Waals surface area (Å²) >= 11 is 0. The Labute approximate surface area is 92.5 Å². The quantitative estimate of drug-likeness (QED) is 0.785. The zero-order valence-electron chi connectivity index (χ0n) is 8.81. The van der Waals surface area contributed by atoms with Crippen molar-refractivity contribution >= 4 is 11.2 Å². The summed E-state index contributed by atoms with van der Waals surface area (Å²) in [6, 6.07) is 0.826. The topological polar surface area (TPSA) is 75.7 Å². The molecule has 1 aliphatic heterocycles. The van der Waals surface area contributed by atoms with Crippen LogP contribution < -0.4 is 10.1 Å². The van der Waals surface area contributed by atoms with E-state index in [2.05, 4.69) is 25.3 Å². The fraction of sp³-hybridized carbons (Fsp3) is 0.500. The molecule has 2 aromatic heterocycles. The number of fused-ring (bicyclic) bond motifs is 1. The van der Waals surface area contributed by atoms with Gasteiger partial charge in [0.05, 0.1) is 12.5 Å². The molecule has 0 amide bonds. The molecule has 1 saturated heterocycles. The highest BCUT2D eigenvalue weighted by atomic mass is 16.5. The zero-order valence-corrected chi connectivity index (χ0v) is 8.81. The van der Waals surface area contributed by atoms with Crippen LogP contribution in [0.15, 0.2) is 12.5 Å². The van der Waals surface area contributed by atoms with E-state index >= 15 is 0 Å². The lowest BCUT2D eigenvalue weighted by Crippen LogP contribution is -2.28. The molecule has 3 rings (SSSR count). The maximum Gasteiger partial charge on any atom is 0.318 e. The number of ether oxygens (including phenoxy) is 1. The number of rotatable bonds is 3. The first kappa shape index (κ1) is 9.53. The van der Waals surface area contributed by atoms with Crippen LogP contribution in [0.4, 0.5) is 0 Å². The van der Waals surface area contributed by atoms with Gasteiger partial charge in [-0.05, 0) is 19.4 Å². The molecule has 3 heterocycles. The lowest BCUT2D eigenvalue weighted by molar-refractivity contribution is 0.258. The molecule has 0 aliphatic carbocycles. The number of aromatic amines is 1. The Morgan fingerprint density at radius 2 is 2.44 bits per heavy atom. The Bertz CT molecular complexity index is 477. The fourth-order valence-corrected chi connectivity index (χ4v) is 1.86. The summed E-state index contributed by atoms with van der Waals surface area (Å²) < 4.78 is 5.53. The highest BCUT2D eigenvalue weighted by Crippen LogP contribution is 2.10. The van der Waals surface area contributed by atoms with Crippen LogP contribution in [0.1, 0.15) is 12.8 Å². The van der Waals surface area contributed by atoms with Crippen molar-refractivity contribution in [2.45, 2.75) is 18.9 Å². The maximum atomic E-state index is 5.53. The van der Waals surface area contributed by atoms with E-state index in [0.29, 0.717) is 24.3 Å². The van der Waals surface area contributed by atoms with Crippen molar-refractivity contribution in [3.63, 3.8) is 0 Å². The van der Waals surface area contributed by atoms with E-state index in [-0.39, 0.29) is 0 Å². The minimum atomic E-state index is 0.397. The molecule has 2 N–H and O–H groups in total. The predicted molar refractivity (Wildman–Crippen MR) is 58.2 cm³/mol. The summed E-state index contributed by atoms with van der Waals surface area (Å²) in [7, 11) is 0. The van der Waals surface area contributed by atoms with E-state index in [1.54, 1.807) is 12.5 Å². The number of imidazole rings is 1. The zero-order chi connectivity index (χ0) is 10.8. The average Bonchev–Trinajstić information content (AvgIpc) is 2.97. The molecule has 0 unspecified atom stereocenters. The summed E-state index contributed by atoms with van der Waals surface area (Å²) in [5.41, 5.74) is 1.47. The van der Waals surface area contributed by atoms with Crippen molar-refractivity contribution in [2.75, 3.05) is 13.2 Å². The van der Waals surface area contributed by atoms with Crippen LogP contribution in [0.3, 0.4) is 0 Å². The van der Waals surface area contributed by atoms with Gasteiger partial charge >= 0.3 is 6.01 Å². The first-order valence-corrected chi connectivity index (χ1v) is 5.44. The molecule has 0 radical (unpaired) electrons. The highest BCUT2D eigenvalue weighted by molar-refractivity contribution is 5.68. The van der Waals surface area contributed by atoms with Crippen LogP contribution in [0, 0.1) is 0 Å². The molecule has 16 heavy (non-hydrogen) atoms. The molecule has 1 atom stereocenters. The molecular weight excluding hydrogens is 206 g/mol. The molecule has 84 valence electrons. The van der Waals surface area contributed by atoms with Gasteiger partial charge in [-0.3, -0.25) is 0 Å². The molecule has 6 nitrogen and oxygen atoms in total. The van der Waals surface area contributed by atoms with Crippen molar-refractivity contribution in [3.8, 4) is 6.01 Å². The maximum absolute atomic E-state index is 5.53. The van der Waals surface area contributed by atoms with Crippen molar-refractivity contribution in [3.05, 3.63) is 12.5 Å². The molecule has 0 spiro atoms. The first-order valence-electron chi connectivity index (χ1n) is 5.44. The third-order valence-corrected chi connectivity index (χ3v) is 2.73. The summed E-state index contributed by atoms with van der Waals surface area (Å²) in [5.74, 6) is 0. The van der Waals surface area contributed by atoms with E-state index in [1.165, 1.54) is 6.42 Å². The van der Waals surface area contributed by atoms with Crippen molar-refractivity contribution in [1.82, 2.24) is 25.3 Å². The van der Waals surface area contributed by atoms with Crippen molar-refractivity contribution < 1.29 is 4.74 Å². The summed E-state index contributed by atoms with van der Waals surface area (Å²) in [4.78, 5) is 15.3. The van der Waals surface area contributed by atoms with Crippen molar-refractivity contribution in [2.24, 2.45) is 0 Å². The van der Waals surface area contributed by atoms with Crippen LogP contribution in [0.2, 0.25) is 0 Å². The second kappa shape index (κ2) is 4.05. The number of hydrogen-bond donors (Lipinski definition) is 2. The lowest BCUT2D eigenvalue weighted by Gasteiger charge is -2.09. The van der Waals surface area contributed by atoms with Gasteiger partial charge < -0.3 is 15.0 Å². The van der Waals surface area contributed by atoms with E-state index < -0.39 is 0 Å². The first-order chi connectivity index (χ1) is 7.92. The average molecular weight is 219 g/mol. The van der Waals surface area contributed by atoms with Gasteiger partial charge in [-0.25, -0.2) is 9.97 Å². The minimum absolute atomic E-state index is 0.397. The van der Waals surface area contributed by atoms with Gasteiger partial charge in [-0.2, -0.15) is 4.98 Å². The monoisotopic (exact) mass is 219 g/mol. The third kappa shape index (κ3) is 1.83. The number of aromatic nitrogens is 4. The standard InChI is InChI=1S/C10H13N5O/c1-2-7(11-3-1)5-16-10-12-4-8-9(15-10)14-6-13-8/h4,6-7,11H,1-3,5H2,(H,12,13,14,15)/t7-/m0/s1. The van der Waals surface area contributed by atoms with E-state index in [0.717, 1.165) is 18.5 Å². The largest absolute Gasteiger partial charge is 0.462 e. The highest BCUT2D eigenvalue weighted by Gasteiger charge is 2.15. The molecule has 6 heteroatoms. The minimum Gasteiger partial charge on any atom is -0.462 e. The smallest absolute Gasteiger partial charge is 0.318 e. The number of H-pyrrole nitrogens is 1. The van der Waals surface area contributed by atoms with E-state index in [4.69, 9.17) is 4.74 Å². The van der Waals surface area contributed by atoms with E-state index in [1.807, 2.05) is 0 Å². The van der Waals surface area contributed by atoms with Crippen LogP contribution in [-0.4, -0.2) is 39.1 Å². The van der Waals surface area contributed by atoms with Gasteiger partial charge in [0.15, 0.2) is 5.65 Å². The van der Waals surface area contributed by atoms with E-state index in [9.17, 15) is 0 Å². The Morgan fingerprint density at radius 3 is 3.31 bits per heavy atom. The SMILES string of the molecule is c1nc2nc(OC[C@@H]3CCCN3)ncc2[nH]1. The number of hydrogen-bond acceptors (Lipinski definition) is 5. The fourth-order valence-electron chi connectivity index (χ4n) is 1.86. The van der Waals surface area contributed by atoms with Gasteiger partial charge in [0.2, 0.25) is 0 Å². The lowest BCUT2D eigenvalue weighted by atomic mass is 10.2. The molecule has 0 bridgehead atoms. The molecular formula is C10H13N5O. The second-order valence-electron chi connectivity index (χ2n) is 3.90. The summed E-state index contributed by atoms with van der Waals surface area (Å²) in [6.07, 6.45) is 5.66. The molecule has 1 aliphatic rings. The van der Waals surface area contributed by atoms with Gasteiger partial charge in [-0.15, -0.1) is 0 Å². The van der Waals surface area contributed by atoms with Crippen LogP contribution in [0.5, 0.6) is 6.01 Å². The molecule has 0 saturated carbocycles. The second-order valence-corrected chi connectivity index (χ2v) is 3.90. The Kier molecular flexibility index (Phi) is 2.41. The van der Waals surface area contributed by atoms with Gasteiger partial charge in [0, 0.05) is 6.04 Å². The van der Waals surface area contributed by atoms with Crippen molar-refractivity contribution in [1.29, 1.82) is 0 Å². The summed E-state index contributed by atoms with van der Waals surface area (Å²) in [5, 5.41) is 3.36. The normalized spacial score (nSPS) is 20.4. The summed E-state index contributed by atoms with van der Waals surface area (Å²) in [6.45, 7) is 1.70. The Hall–Kier alpha value is -1.69. The predicted octanol–water partition coefficient (Wildman–Crippen LogP) is 0.484. The van der Waals surface area contributed by atoms with Crippen LogP contribution in [-0.2, 0) is 0 Å². The van der Waals surface area contributed by atoms with Crippen LogP contribution in [0.25, 0.3) is 11.2 Å². The molecule has 0 aromatic carbocycles. The molecule has 1 fully saturated rings. The van der Waals surface area contributed by atoms with Gasteiger partial charge in [0.25, 0.3) is 0 Å². The Morgan fingerprint density at radius 1 is 1.44 bits per heavy atom. The number of nitrogens with one attached hydrogen (secondary N) is 2. The van der Waals surface area contributed by atoms with Gasteiger partial charge in [-0.1, -0.05) is 0 Å². The number of nitrogens with zero attached hydrogens (tertiary/aromatic N) is 3. The molecule has 2 aromatic rings. The van der Waals surface area contributed by atoms with Crippen LogP contribution >= 0.6 is 0 Å².